The van der Waals surface area contributed by atoms with Crippen LogP contribution < -0.4 is 5.32 Å². The van der Waals surface area contributed by atoms with Crippen molar-refractivity contribution in [3.63, 3.8) is 0 Å². The summed E-state index contributed by atoms with van der Waals surface area (Å²) < 4.78 is 26.2. The van der Waals surface area contributed by atoms with Gasteiger partial charge < -0.3 is 10.4 Å². The predicted molar refractivity (Wildman–Crippen MR) is 69.7 cm³/mol. The Bertz CT molecular complexity index is 552. The van der Waals surface area contributed by atoms with Crippen LogP contribution >= 0.6 is 0 Å². The summed E-state index contributed by atoms with van der Waals surface area (Å²) in [5, 5.41) is 12.4. The zero-order valence-electron chi connectivity index (χ0n) is 10.5. The van der Waals surface area contributed by atoms with Crippen molar-refractivity contribution >= 4 is 0 Å². The van der Waals surface area contributed by atoms with Crippen molar-refractivity contribution in [2.24, 2.45) is 0 Å². The van der Waals surface area contributed by atoms with Crippen LogP contribution in [0.1, 0.15) is 24.1 Å². The van der Waals surface area contributed by atoms with Gasteiger partial charge in [-0.05, 0) is 42.3 Å². The van der Waals surface area contributed by atoms with Crippen LogP contribution in [0.2, 0.25) is 0 Å². The van der Waals surface area contributed by atoms with Gasteiger partial charge in [-0.3, -0.25) is 0 Å². The van der Waals surface area contributed by atoms with Gasteiger partial charge in [0.2, 0.25) is 0 Å². The van der Waals surface area contributed by atoms with E-state index in [-0.39, 0.29) is 17.6 Å². The smallest absolute Gasteiger partial charge is 0.127 e. The van der Waals surface area contributed by atoms with Gasteiger partial charge >= 0.3 is 0 Å². The molecule has 0 aliphatic rings. The van der Waals surface area contributed by atoms with E-state index < -0.39 is 5.82 Å². The topological polar surface area (TPSA) is 32.3 Å². The van der Waals surface area contributed by atoms with Crippen molar-refractivity contribution in [2.45, 2.75) is 19.5 Å². The molecule has 19 heavy (non-hydrogen) atoms. The van der Waals surface area contributed by atoms with Crippen molar-refractivity contribution in [3.8, 4) is 5.75 Å². The quantitative estimate of drug-likeness (QED) is 0.884. The molecule has 100 valence electrons. The van der Waals surface area contributed by atoms with Crippen molar-refractivity contribution in [3.05, 3.63) is 65.2 Å². The summed E-state index contributed by atoms with van der Waals surface area (Å²) in [4.78, 5) is 0. The van der Waals surface area contributed by atoms with Gasteiger partial charge in [-0.2, -0.15) is 0 Å². The molecule has 0 bridgehead atoms. The van der Waals surface area contributed by atoms with E-state index in [0.717, 1.165) is 11.6 Å². The maximum Gasteiger partial charge on any atom is 0.127 e. The molecule has 0 saturated carbocycles. The first-order valence-corrected chi connectivity index (χ1v) is 6.02. The summed E-state index contributed by atoms with van der Waals surface area (Å²) in [5.41, 5.74) is 1.46. The summed E-state index contributed by atoms with van der Waals surface area (Å²) >= 11 is 0. The Morgan fingerprint density at radius 1 is 1.11 bits per heavy atom. The minimum absolute atomic E-state index is 0.0684. The molecule has 0 aromatic heterocycles. The summed E-state index contributed by atoms with van der Waals surface area (Å²) in [7, 11) is 0. The average molecular weight is 263 g/mol. The molecule has 2 aromatic carbocycles. The lowest BCUT2D eigenvalue weighted by Gasteiger charge is -2.14. The number of nitrogens with one attached hydrogen (secondary N) is 1. The zero-order valence-corrected chi connectivity index (χ0v) is 10.5. The molecule has 1 atom stereocenters. The molecule has 4 heteroatoms. The lowest BCUT2D eigenvalue weighted by molar-refractivity contribution is 0.466. The highest BCUT2D eigenvalue weighted by molar-refractivity contribution is 5.28. The fraction of sp³-hybridized carbons (Fsp3) is 0.200. The highest BCUT2D eigenvalue weighted by atomic mass is 19.1. The molecule has 0 aliphatic carbocycles. The average Bonchev–Trinajstić information content (AvgIpc) is 2.35. The minimum Gasteiger partial charge on any atom is -0.508 e. The van der Waals surface area contributed by atoms with E-state index in [4.69, 9.17) is 0 Å². The number of rotatable bonds is 4. The molecule has 0 amide bonds. The van der Waals surface area contributed by atoms with Gasteiger partial charge in [0.15, 0.2) is 0 Å². The summed E-state index contributed by atoms with van der Waals surface area (Å²) in [5.74, 6) is -0.861. The Labute approximate surface area is 110 Å². The van der Waals surface area contributed by atoms with Crippen molar-refractivity contribution in [2.75, 3.05) is 0 Å². The summed E-state index contributed by atoms with van der Waals surface area (Å²) in [6.45, 7) is 2.29. The van der Waals surface area contributed by atoms with E-state index >= 15 is 0 Å². The number of phenolic OH excluding ortho intramolecular Hbond substituents is 1. The molecular weight excluding hydrogens is 248 g/mol. The monoisotopic (exact) mass is 263 g/mol. The fourth-order valence-corrected chi connectivity index (χ4v) is 1.90. The molecule has 0 unspecified atom stereocenters. The summed E-state index contributed by atoms with van der Waals surface area (Å²) in [6, 6.07) is 10.2. The van der Waals surface area contributed by atoms with Crippen LogP contribution in [0.5, 0.6) is 5.75 Å². The molecule has 2 nitrogen and oxygen atoms in total. The number of benzene rings is 2. The van der Waals surface area contributed by atoms with Crippen LogP contribution in [-0.2, 0) is 6.54 Å². The lowest BCUT2D eigenvalue weighted by Crippen LogP contribution is -2.18. The van der Waals surface area contributed by atoms with E-state index in [2.05, 4.69) is 5.32 Å². The molecule has 0 heterocycles. The first kappa shape index (κ1) is 13.5. The number of aromatic hydroxyl groups is 1. The van der Waals surface area contributed by atoms with Gasteiger partial charge in [-0.1, -0.05) is 12.1 Å². The molecule has 2 aromatic rings. The van der Waals surface area contributed by atoms with Gasteiger partial charge in [-0.25, -0.2) is 8.78 Å². The maximum atomic E-state index is 13.1. The Morgan fingerprint density at radius 3 is 2.58 bits per heavy atom. The number of halogens is 2. The normalized spacial score (nSPS) is 12.4. The van der Waals surface area contributed by atoms with E-state index in [1.165, 1.54) is 24.3 Å². The van der Waals surface area contributed by atoms with Crippen LogP contribution in [0, 0.1) is 11.6 Å². The highest BCUT2D eigenvalue weighted by Crippen LogP contribution is 2.17. The van der Waals surface area contributed by atoms with E-state index in [1.807, 2.05) is 13.0 Å². The Balaban J connectivity index is 2.02. The largest absolute Gasteiger partial charge is 0.508 e. The maximum absolute atomic E-state index is 13.1. The van der Waals surface area contributed by atoms with E-state index in [0.29, 0.717) is 12.1 Å². The van der Waals surface area contributed by atoms with Gasteiger partial charge in [0.25, 0.3) is 0 Å². The predicted octanol–water partition coefficient (Wildman–Crippen LogP) is 3.52. The second kappa shape index (κ2) is 5.80. The van der Waals surface area contributed by atoms with Gasteiger partial charge in [-0.15, -0.1) is 0 Å². The Hall–Kier alpha value is -1.94. The van der Waals surface area contributed by atoms with Crippen LogP contribution in [-0.4, -0.2) is 5.11 Å². The lowest BCUT2D eigenvalue weighted by atomic mass is 10.1. The van der Waals surface area contributed by atoms with Crippen LogP contribution in [0.3, 0.4) is 0 Å². The molecule has 2 rings (SSSR count). The van der Waals surface area contributed by atoms with Gasteiger partial charge in [0.1, 0.15) is 17.4 Å². The van der Waals surface area contributed by atoms with E-state index in [9.17, 15) is 13.9 Å². The molecule has 0 fully saturated rings. The zero-order chi connectivity index (χ0) is 13.8. The Kier molecular flexibility index (Phi) is 4.12. The van der Waals surface area contributed by atoms with Crippen LogP contribution in [0.4, 0.5) is 8.78 Å². The number of hydrogen-bond donors (Lipinski definition) is 2. The van der Waals surface area contributed by atoms with Crippen molar-refractivity contribution in [1.82, 2.24) is 5.32 Å². The van der Waals surface area contributed by atoms with Gasteiger partial charge in [0.05, 0.1) is 0 Å². The third kappa shape index (κ3) is 3.76. The second-order valence-electron chi connectivity index (χ2n) is 4.48. The number of phenols is 1. The SMILES string of the molecule is C[C@H](NCc1cc(O)cc(F)c1)c1cccc(F)c1. The van der Waals surface area contributed by atoms with Gasteiger partial charge in [0, 0.05) is 18.7 Å². The molecule has 2 N–H and O–H groups in total. The highest BCUT2D eigenvalue weighted by Gasteiger charge is 2.06. The molecule has 0 radical (unpaired) electrons. The van der Waals surface area contributed by atoms with Crippen LogP contribution in [0.15, 0.2) is 42.5 Å². The molecule has 0 aliphatic heterocycles. The van der Waals surface area contributed by atoms with E-state index in [1.54, 1.807) is 6.07 Å². The van der Waals surface area contributed by atoms with Crippen molar-refractivity contribution in [1.29, 1.82) is 0 Å². The third-order valence-electron chi connectivity index (χ3n) is 2.90. The third-order valence-corrected chi connectivity index (χ3v) is 2.90. The second-order valence-corrected chi connectivity index (χ2v) is 4.48. The van der Waals surface area contributed by atoms with Crippen LogP contribution in [0.25, 0.3) is 0 Å². The number of hydrogen-bond acceptors (Lipinski definition) is 2. The molecule has 0 saturated heterocycles. The molecular formula is C15H15F2NO. The molecule has 0 spiro atoms. The first-order valence-electron chi connectivity index (χ1n) is 6.02. The first-order chi connectivity index (χ1) is 9.04. The fourth-order valence-electron chi connectivity index (χ4n) is 1.90. The standard InChI is InChI=1S/C15H15F2NO/c1-10(12-3-2-4-13(16)7-12)18-9-11-5-14(17)8-15(19)6-11/h2-8,10,18-19H,9H2,1H3/t10-/m0/s1. The summed E-state index contributed by atoms with van der Waals surface area (Å²) in [6.07, 6.45) is 0. The minimum atomic E-state index is -0.477. The van der Waals surface area contributed by atoms with Crippen molar-refractivity contribution < 1.29 is 13.9 Å². The Morgan fingerprint density at radius 2 is 1.89 bits per heavy atom.